The molecule has 26 heavy (non-hydrogen) atoms. The summed E-state index contributed by atoms with van der Waals surface area (Å²) in [5, 5.41) is 2.74. The number of benzene rings is 2. The van der Waals surface area contributed by atoms with Crippen molar-refractivity contribution in [2.24, 2.45) is 0 Å². The van der Waals surface area contributed by atoms with Gasteiger partial charge in [-0.1, -0.05) is 18.2 Å². The van der Waals surface area contributed by atoms with E-state index in [-0.39, 0.29) is 12.3 Å². The first-order chi connectivity index (χ1) is 12.4. The van der Waals surface area contributed by atoms with E-state index in [1.165, 1.54) is 31.4 Å². The molecule has 0 bridgehead atoms. The number of hydrogen-bond acceptors (Lipinski definition) is 2. The molecule has 0 atom stereocenters. The molecule has 0 aliphatic carbocycles. The van der Waals surface area contributed by atoms with Gasteiger partial charge in [0.25, 0.3) is 0 Å². The predicted octanol–water partition coefficient (Wildman–Crippen LogP) is 4.88. The van der Waals surface area contributed by atoms with Gasteiger partial charge in [0.1, 0.15) is 0 Å². The average molecular weight is 362 g/mol. The molecule has 3 rings (SSSR count). The number of alkyl halides is 3. The Hall–Kier alpha value is -2.50. The van der Waals surface area contributed by atoms with Gasteiger partial charge in [0, 0.05) is 24.5 Å². The largest absolute Gasteiger partial charge is 0.416 e. The minimum atomic E-state index is -4.41. The molecule has 1 saturated heterocycles. The average Bonchev–Trinajstić information content (AvgIpc) is 2.62. The molecule has 6 heteroatoms. The van der Waals surface area contributed by atoms with E-state index in [1.54, 1.807) is 0 Å². The Labute approximate surface area is 150 Å². The highest BCUT2D eigenvalue weighted by Crippen LogP contribution is 2.29. The molecular formula is C20H21F3N2O. The highest BCUT2D eigenvalue weighted by Gasteiger charge is 2.30. The molecule has 2 aromatic rings. The van der Waals surface area contributed by atoms with Crippen molar-refractivity contribution < 1.29 is 18.0 Å². The van der Waals surface area contributed by atoms with Gasteiger partial charge in [0.2, 0.25) is 5.91 Å². The molecule has 1 heterocycles. The van der Waals surface area contributed by atoms with Crippen molar-refractivity contribution in [2.45, 2.75) is 31.9 Å². The Morgan fingerprint density at radius 2 is 1.69 bits per heavy atom. The Morgan fingerprint density at radius 3 is 2.35 bits per heavy atom. The smallest absolute Gasteiger partial charge is 0.372 e. The quantitative estimate of drug-likeness (QED) is 0.841. The van der Waals surface area contributed by atoms with Crippen LogP contribution in [0.5, 0.6) is 0 Å². The van der Waals surface area contributed by atoms with E-state index in [9.17, 15) is 18.0 Å². The van der Waals surface area contributed by atoms with Crippen LogP contribution in [-0.2, 0) is 17.4 Å². The summed E-state index contributed by atoms with van der Waals surface area (Å²) in [6.45, 7) is 2.09. The number of hydrogen-bond donors (Lipinski definition) is 1. The number of carbonyl (C=O) groups excluding carboxylic acids is 1. The van der Waals surface area contributed by atoms with Crippen LogP contribution in [0.4, 0.5) is 24.5 Å². The van der Waals surface area contributed by atoms with E-state index in [0.29, 0.717) is 11.3 Å². The number of carbonyl (C=O) groups is 1. The third kappa shape index (κ3) is 4.77. The van der Waals surface area contributed by atoms with Gasteiger partial charge in [-0.05, 0) is 55.2 Å². The topological polar surface area (TPSA) is 32.3 Å². The molecule has 1 fully saturated rings. The summed E-state index contributed by atoms with van der Waals surface area (Å²) in [4.78, 5) is 14.4. The van der Waals surface area contributed by atoms with Crippen molar-refractivity contribution in [3.8, 4) is 0 Å². The van der Waals surface area contributed by atoms with Crippen molar-refractivity contribution in [1.29, 1.82) is 0 Å². The molecule has 3 nitrogen and oxygen atoms in total. The zero-order valence-corrected chi connectivity index (χ0v) is 14.4. The molecule has 0 aromatic heterocycles. The Balaban J connectivity index is 1.59. The fourth-order valence-electron chi connectivity index (χ4n) is 3.16. The molecule has 0 spiro atoms. The summed E-state index contributed by atoms with van der Waals surface area (Å²) in [6, 6.07) is 12.4. The van der Waals surface area contributed by atoms with Crippen LogP contribution >= 0.6 is 0 Å². The maximum Gasteiger partial charge on any atom is 0.416 e. The van der Waals surface area contributed by atoms with Crippen LogP contribution in [0.1, 0.15) is 30.4 Å². The van der Waals surface area contributed by atoms with Crippen LogP contribution in [0.15, 0.2) is 48.5 Å². The Bertz CT molecular complexity index is 750. The standard InChI is InChI=1S/C20H21F3N2O/c21-20(22,23)16-6-4-5-15(13-16)14-19(26)24-17-7-9-18(10-8-17)25-11-2-1-3-12-25/h4-10,13H,1-3,11-12,14H2,(H,24,26). The van der Waals surface area contributed by atoms with E-state index >= 15 is 0 Å². The third-order valence-electron chi connectivity index (χ3n) is 4.49. The predicted molar refractivity (Wildman–Crippen MR) is 96.3 cm³/mol. The van der Waals surface area contributed by atoms with Gasteiger partial charge in [0.15, 0.2) is 0 Å². The van der Waals surface area contributed by atoms with Gasteiger partial charge in [-0.15, -0.1) is 0 Å². The molecule has 1 N–H and O–H groups in total. The molecule has 0 radical (unpaired) electrons. The lowest BCUT2D eigenvalue weighted by Gasteiger charge is -2.28. The second-order valence-electron chi connectivity index (χ2n) is 6.52. The van der Waals surface area contributed by atoms with Crippen molar-refractivity contribution in [1.82, 2.24) is 0 Å². The van der Waals surface area contributed by atoms with Gasteiger partial charge in [0.05, 0.1) is 12.0 Å². The molecule has 2 aromatic carbocycles. The van der Waals surface area contributed by atoms with Gasteiger partial charge in [-0.3, -0.25) is 4.79 Å². The molecule has 0 saturated carbocycles. The summed E-state index contributed by atoms with van der Waals surface area (Å²) in [7, 11) is 0. The minimum absolute atomic E-state index is 0.0994. The highest BCUT2D eigenvalue weighted by molar-refractivity contribution is 5.92. The normalized spacial score (nSPS) is 15.0. The second kappa shape index (κ2) is 7.81. The summed E-state index contributed by atoms with van der Waals surface area (Å²) >= 11 is 0. The lowest BCUT2D eigenvalue weighted by atomic mass is 10.1. The fraction of sp³-hybridized carbons (Fsp3) is 0.350. The van der Waals surface area contributed by atoms with Crippen molar-refractivity contribution >= 4 is 17.3 Å². The van der Waals surface area contributed by atoms with Crippen LogP contribution in [0.2, 0.25) is 0 Å². The third-order valence-corrected chi connectivity index (χ3v) is 4.49. The van der Waals surface area contributed by atoms with E-state index in [0.717, 1.165) is 30.9 Å². The van der Waals surface area contributed by atoms with Crippen LogP contribution in [-0.4, -0.2) is 19.0 Å². The lowest BCUT2D eigenvalue weighted by molar-refractivity contribution is -0.137. The van der Waals surface area contributed by atoms with Gasteiger partial charge in [-0.25, -0.2) is 0 Å². The van der Waals surface area contributed by atoms with Gasteiger partial charge in [-0.2, -0.15) is 13.2 Å². The number of nitrogens with one attached hydrogen (secondary N) is 1. The van der Waals surface area contributed by atoms with E-state index < -0.39 is 11.7 Å². The summed E-state index contributed by atoms with van der Waals surface area (Å²) in [5.74, 6) is -0.338. The number of anilines is 2. The van der Waals surface area contributed by atoms with Crippen molar-refractivity contribution in [2.75, 3.05) is 23.3 Å². The number of halogens is 3. The minimum Gasteiger partial charge on any atom is -0.372 e. The maximum atomic E-state index is 12.7. The summed E-state index contributed by atoms with van der Waals surface area (Å²) in [6.07, 6.45) is -0.861. The molecule has 1 aliphatic rings. The van der Waals surface area contributed by atoms with Crippen molar-refractivity contribution in [3.05, 3.63) is 59.7 Å². The van der Waals surface area contributed by atoms with E-state index in [2.05, 4.69) is 10.2 Å². The monoisotopic (exact) mass is 362 g/mol. The fourth-order valence-corrected chi connectivity index (χ4v) is 3.16. The summed E-state index contributed by atoms with van der Waals surface area (Å²) < 4.78 is 38.2. The van der Waals surface area contributed by atoms with Gasteiger partial charge >= 0.3 is 6.18 Å². The maximum absolute atomic E-state index is 12.7. The van der Waals surface area contributed by atoms with E-state index in [1.807, 2.05) is 24.3 Å². The first-order valence-corrected chi connectivity index (χ1v) is 8.73. The highest BCUT2D eigenvalue weighted by atomic mass is 19.4. The zero-order chi connectivity index (χ0) is 18.6. The number of amides is 1. The molecule has 1 amide bonds. The van der Waals surface area contributed by atoms with Crippen molar-refractivity contribution in [3.63, 3.8) is 0 Å². The Kier molecular flexibility index (Phi) is 5.49. The van der Waals surface area contributed by atoms with Crippen LogP contribution in [0.3, 0.4) is 0 Å². The van der Waals surface area contributed by atoms with Crippen LogP contribution in [0, 0.1) is 0 Å². The summed E-state index contributed by atoms with van der Waals surface area (Å²) in [5.41, 5.74) is 1.36. The second-order valence-corrected chi connectivity index (χ2v) is 6.52. The molecule has 1 aliphatic heterocycles. The molecular weight excluding hydrogens is 341 g/mol. The van der Waals surface area contributed by atoms with E-state index in [4.69, 9.17) is 0 Å². The number of nitrogens with zero attached hydrogens (tertiary/aromatic N) is 1. The number of rotatable bonds is 4. The van der Waals surface area contributed by atoms with Crippen LogP contribution < -0.4 is 10.2 Å². The number of piperidine rings is 1. The molecule has 0 unspecified atom stereocenters. The SMILES string of the molecule is O=C(Cc1cccc(C(F)(F)F)c1)Nc1ccc(N2CCCCC2)cc1. The first-order valence-electron chi connectivity index (χ1n) is 8.73. The first kappa shape index (κ1) is 18.3. The van der Waals surface area contributed by atoms with Gasteiger partial charge < -0.3 is 10.2 Å². The lowest BCUT2D eigenvalue weighted by Crippen LogP contribution is -2.29. The Morgan fingerprint density at radius 1 is 1.00 bits per heavy atom. The van der Waals surface area contributed by atoms with Crippen LogP contribution in [0.25, 0.3) is 0 Å². The zero-order valence-electron chi connectivity index (χ0n) is 14.4. The molecule has 138 valence electrons.